The molecule has 0 aliphatic heterocycles. The Labute approximate surface area is 111 Å². The van der Waals surface area contributed by atoms with E-state index in [1.807, 2.05) is 13.8 Å². The summed E-state index contributed by atoms with van der Waals surface area (Å²) >= 11 is 0. The lowest BCUT2D eigenvalue weighted by atomic mass is 9.98. The molecule has 0 fully saturated rings. The van der Waals surface area contributed by atoms with Gasteiger partial charge in [0.15, 0.2) is 0 Å². The number of carbonyl (C=O) groups is 1. The van der Waals surface area contributed by atoms with E-state index >= 15 is 0 Å². The van der Waals surface area contributed by atoms with Gasteiger partial charge in [0, 0.05) is 5.56 Å². The van der Waals surface area contributed by atoms with Gasteiger partial charge in [0.25, 0.3) is 0 Å². The van der Waals surface area contributed by atoms with Crippen LogP contribution >= 0.6 is 0 Å². The van der Waals surface area contributed by atoms with Gasteiger partial charge in [0.2, 0.25) is 5.75 Å². The van der Waals surface area contributed by atoms with Gasteiger partial charge in [-0.25, -0.2) is 4.79 Å². The molecule has 1 aromatic carbocycles. The first kappa shape index (κ1) is 14.9. The molecule has 0 heterocycles. The van der Waals surface area contributed by atoms with E-state index in [-0.39, 0.29) is 22.9 Å². The summed E-state index contributed by atoms with van der Waals surface area (Å²) in [5.74, 6) is -0.446. The Balaban J connectivity index is 3.47. The third kappa shape index (κ3) is 3.21. The first-order valence-electron chi connectivity index (χ1n) is 5.84. The number of methoxy groups -OCH3 is 2. The van der Waals surface area contributed by atoms with E-state index in [0.29, 0.717) is 12.0 Å². The minimum Gasteiger partial charge on any atom is -0.490 e. The van der Waals surface area contributed by atoms with E-state index in [1.54, 1.807) is 6.07 Å². The molecule has 0 N–H and O–H groups in total. The molecule has 0 saturated heterocycles. The topological polar surface area (TPSA) is 78.7 Å². The summed E-state index contributed by atoms with van der Waals surface area (Å²) in [5, 5.41) is 11.2. The lowest BCUT2D eigenvalue weighted by Crippen LogP contribution is -2.09. The molecule has 0 aliphatic rings. The summed E-state index contributed by atoms with van der Waals surface area (Å²) in [4.78, 5) is 22.3. The Morgan fingerprint density at radius 1 is 1.37 bits per heavy atom. The fourth-order valence-corrected chi connectivity index (χ4v) is 1.89. The van der Waals surface area contributed by atoms with Gasteiger partial charge < -0.3 is 9.47 Å². The number of nitrogens with zero attached hydrogens (tertiary/aromatic N) is 1. The zero-order valence-electron chi connectivity index (χ0n) is 11.4. The van der Waals surface area contributed by atoms with Crippen LogP contribution in [0.2, 0.25) is 0 Å². The number of nitro benzene ring substituents is 1. The van der Waals surface area contributed by atoms with Crippen molar-refractivity contribution in [1.82, 2.24) is 0 Å². The largest absolute Gasteiger partial charge is 0.490 e. The van der Waals surface area contributed by atoms with E-state index in [0.717, 1.165) is 0 Å². The number of esters is 1. The van der Waals surface area contributed by atoms with E-state index in [4.69, 9.17) is 4.74 Å². The van der Waals surface area contributed by atoms with Crippen LogP contribution in [0.1, 0.15) is 29.8 Å². The fourth-order valence-electron chi connectivity index (χ4n) is 1.89. The molecule has 6 heteroatoms. The average Bonchev–Trinajstić information content (AvgIpc) is 2.35. The summed E-state index contributed by atoms with van der Waals surface area (Å²) in [6.07, 6.45) is 0.536. The number of carbonyl (C=O) groups excluding carboxylic acids is 1. The highest BCUT2D eigenvalue weighted by molar-refractivity contribution is 5.94. The van der Waals surface area contributed by atoms with E-state index < -0.39 is 10.9 Å². The van der Waals surface area contributed by atoms with Crippen molar-refractivity contribution in [3.05, 3.63) is 33.4 Å². The number of nitro groups is 1. The molecule has 0 saturated carbocycles. The molecular weight excluding hydrogens is 250 g/mol. The van der Waals surface area contributed by atoms with Gasteiger partial charge in [-0.15, -0.1) is 0 Å². The first-order valence-corrected chi connectivity index (χ1v) is 5.84. The molecule has 0 amide bonds. The number of rotatable bonds is 5. The number of hydrogen-bond acceptors (Lipinski definition) is 5. The number of hydrogen-bond donors (Lipinski definition) is 0. The molecule has 0 bridgehead atoms. The SMILES string of the molecule is COC(=O)c1ccc(CC(C)C)c([N+](=O)[O-])c1OC. The molecule has 19 heavy (non-hydrogen) atoms. The molecule has 0 radical (unpaired) electrons. The predicted molar refractivity (Wildman–Crippen MR) is 69.5 cm³/mol. The zero-order valence-corrected chi connectivity index (χ0v) is 11.4. The van der Waals surface area contributed by atoms with Crippen molar-refractivity contribution >= 4 is 11.7 Å². The Kier molecular flexibility index (Phi) is 4.86. The second-order valence-corrected chi connectivity index (χ2v) is 4.50. The van der Waals surface area contributed by atoms with Gasteiger partial charge in [-0.05, 0) is 18.4 Å². The Morgan fingerprint density at radius 2 is 2.00 bits per heavy atom. The minimum absolute atomic E-state index is 0.0463. The molecular formula is C13H17NO5. The monoisotopic (exact) mass is 267 g/mol. The molecule has 1 rings (SSSR count). The smallest absolute Gasteiger partial charge is 0.341 e. The highest BCUT2D eigenvalue weighted by atomic mass is 16.6. The van der Waals surface area contributed by atoms with Gasteiger partial charge in [0.05, 0.1) is 19.1 Å². The summed E-state index contributed by atoms with van der Waals surface area (Å²) in [6.45, 7) is 3.93. The number of ether oxygens (including phenoxy) is 2. The third-order valence-electron chi connectivity index (χ3n) is 2.64. The summed E-state index contributed by atoms with van der Waals surface area (Å²) < 4.78 is 9.63. The standard InChI is InChI=1S/C13H17NO5/c1-8(2)7-9-5-6-10(13(15)19-4)12(18-3)11(9)14(16)17/h5-6,8H,7H2,1-4H3. The quantitative estimate of drug-likeness (QED) is 0.465. The lowest BCUT2D eigenvalue weighted by molar-refractivity contribution is -0.386. The van der Waals surface area contributed by atoms with Gasteiger partial charge in [-0.1, -0.05) is 19.9 Å². The van der Waals surface area contributed by atoms with Crippen molar-refractivity contribution in [1.29, 1.82) is 0 Å². The normalized spacial score (nSPS) is 10.4. The Hall–Kier alpha value is -2.11. The predicted octanol–water partition coefficient (Wildman–Crippen LogP) is 2.59. The van der Waals surface area contributed by atoms with Crippen LogP contribution in [0, 0.1) is 16.0 Å². The average molecular weight is 267 g/mol. The van der Waals surface area contributed by atoms with E-state index in [2.05, 4.69) is 4.74 Å². The van der Waals surface area contributed by atoms with Crippen molar-refractivity contribution in [3.63, 3.8) is 0 Å². The van der Waals surface area contributed by atoms with Crippen molar-refractivity contribution in [3.8, 4) is 5.75 Å². The molecule has 1 aromatic rings. The second-order valence-electron chi connectivity index (χ2n) is 4.50. The van der Waals surface area contributed by atoms with Crippen LogP contribution < -0.4 is 4.74 Å². The van der Waals surface area contributed by atoms with Gasteiger partial charge in [0.1, 0.15) is 5.56 Å². The summed E-state index contributed by atoms with van der Waals surface area (Å²) in [6, 6.07) is 3.07. The van der Waals surface area contributed by atoms with Crippen molar-refractivity contribution in [2.75, 3.05) is 14.2 Å². The van der Waals surface area contributed by atoms with Crippen LogP contribution in [0.4, 0.5) is 5.69 Å². The van der Waals surface area contributed by atoms with Crippen molar-refractivity contribution in [2.24, 2.45) is 5.92 Å². The maximum Gasteiger partial charge on any atom is 0.341 e. The molecule has 0 unspecified atom stereocenters. The molecule has 0 aromatic heterocycles. The highest BCUT2D eigenvalue weighted by Gasteiger charge is 2.27. The van der Waals surface area contributed by atoms with Crippen LogP contribution in [0.25, 0.3) is 0 Å². The molecule has 104 valence electrons. The molecule has 0 spiro atoms. The molecule has 6 nitrogen and oxygen atoms in total. The van der Waals surface area contributed by atoms with E-state index in [1.165, 1.54) is 20.3 Å². The van der Waals surface area contributed by atoms with Crippen molar-refractivity contribution < 1.29 is 19.2 Å². The molecule has 0 aliphatic carbocycles. The summed E-state index contributed by atoms with van der Waals surface area (Å²) in [7, 11) is 2.52. The van der Waals surface area contributed by atoms with Crippen LogP contribution in [0.15, 0.2) is 12.1 Å². The van der Waals surface area contributed by atoms with Crippen LogP contribution in [-0.4, -0.2) is 25.1 Å². The van der Waals surface area contributed by atoms with Crippen LogP contribution in [-0.2, 0) is 11.2 Å². The Morgan fingerprint density at radius 3 is 2.42 bits per heavy atom. The van der Waals surface area contributed by atoms with E-state index in [9.17, 15) is 14.9 Å². The fraction of sp³-hybridized carbons (Fsp3) is 0.462. The number of benzene rings is 1. The Bertz CT molecular complexity index is 496. The second kappa shape index (κ2) is 6.17. The van der Waals surface area contributed by atoms with Crippen molar-refractivity contribution in [2.45, 2.75) is 20.3 Å². The maximum absolute atomic E-state index is 11.6. The minimum atomic E-state index is -0.656. The molecule has 0 atom stereocenters. The third-order valence-corrected chi connectivity index (χ3v) is 2.64. The zero-order chi connectivity index (χ0) is 14.6. The van der Waals surface area contributed by atoms with Crippen LogP contribution in [0.3, 0.4) is 0 Å². The maximum atomic E-state index is 11.6. The lowest BCUT2D eigenvalue weighted by Gasteiger charge is -2.12. The van der Waals surface area contributed by atoms with Crippen LogP contribution in [0.5, 0.6) is 5.75 Å². The van der Waals surface area contributed by atoms with Gasteiger partial charge in [-0.3, -0.25) is 10.1 Å². The first-order chi connectivity index (χ1) is 8.92. The summed E-state index contributed by atoms with van der Waals surface area (Å²) in [5.41, 5.74) is 0.438. The van der Waals surface area contributed by atoms with Gasteiger partial charge >= 0.3 is 11.7 Å². The highest BCUT2D eigenvalue weighted by Crippen LogP contribution is 2.36. The van der Waals surface area contributed by atoms with Gasteiger partial charge in [-0.2, -0.15) is 0 Å².